The number of benzene rings is 1. The Morgan fingerprint density at radius 2 is 1.96 bits per heavy atom. The molecule has 1 aliphatic heterocycles. The van der Waals surface area contributed by atoms with E-state index < -0.39 is 0 Å². The Morgan fingerprint density at radius 3 is 2.68 bits per heavy atom. The highest BCUT2D eigenvalue weighted by atomic mass is 32.2. The summed E-state index contributed by atoms with van der Waals surface area (Å²) in [6.07, 6.45) is 1.26. The van der Waals surface area contributed by atoms with Crippen LogP contribution in [0.25, 0.3) is 0 Å². The molecule has 0 spiro atoms. The molecule has 1 saturated heterocycles. The molecule has 2 aromatic rings. The number of nitrogens with two attached hydrogens (primary N) is 1. The first-order chi connectivity index (χ1) is 13.4. The molecular weight excluding hydrogens is 392 g/mol. The van der Waals surface area contributed by atoms with Crippen LogP contribution in [0.4, 0.5) is 17.6 Å². The van der Waals surface area contributed by atoms with E-state index in [-0.39, 0.29) is 5.95 Å². The minimum atomic E-state index is 0.175. The van der Waals surface area contributed by atoms with Gasteiger partial charge in [0.05, 0.1) is 18.6 Å². The molecule has 0 radical (unpaired) electrons. The lowest BCUT2D eigenvalue weighted by molar-refractivity contribution is 0.219. The van der Waals surface area contributed by atoms with Crippen molar-refractivity contribution in [3.8, 4) is 5.75 Å². The van der Waals surface area contributed by atoms with Gasteiger partial charge < -0.3 is 20.7 Å². The Labute approximate surface area is 175 Å². The van der Waals surface area contributed by atoms with Gasteiger partial charge in [0.25, 0.3) is 0 Å². The summed E-state index contributed by atoms with van der Waals surface area (Å²) in [5.41, 5.74) is 6.65. The van der Waals surface area contributed by atoms with Crippen molar-refractivity contribution in [2.24, 2.45) is 11.8 Å². The lowest BCUT2D eigenvalue weighted by Crippen LogP contribution is -2.40. The predicted octanol–water partition coefficient (Wildman–Crippen LogP) is 3.70. The van der Waals surface area contributed by atoms with Gasteiger partial charge in [0.15, 0.2) is 0 Å². The second-order valence-corrected chi connectivity index (χ2v) is 8.77. The number of hydrogen-bond donors (Lipinski definition) is 2. The first kappa shape index (κ1) is 20.6. The number of thiocarbonyl (C=S) groups is 1. The van der Waals surface area contributed by atoms with Crippen LogP contribution in [0.2, 0.25) is 0 Å². The van der Waals surface area contributed by atoms with Gasteiger partial charge in [-0.15, -0.1) is 0 Å². The third-order valence-corrected chi connectivity index (χ3v) is 6.02. The van der Waals surface area contributed by atoms with Crippen molar-refractivity contribution < 1.29 is 4.74 Å². The Kier molecular flexibility index (Phi) is 6.90. The topological polar surface area (TPSA) is 89.2 Å². The fourth-order valence-corrected chi connectivity index (χ4v) is 4.50. The van der Waals surface area contributed by atoms with E-state index in [1.165, 1.54) is 6.42 Å². The van der Waals surface area contributed by atoms with Crippen molar-refractivity contribution in [2.45, 2.75) is 26.0 Å². The second kappa shape index (κ2) is 9.38. The van der Waals surface area contributed by atoms with Crippen LogP contribution in [0.3, 0.4) is 0 Å². The lowest BCUT2D eigenvalue weighted by atomic mass is 9.92. The van der Waals surface area contributed by atoms with Crippen molar-refractivity contribution in [3.63, 3.8) is 0 Å². The summed E-state index contributed by atoms with van der Waals surface area (Å²) in [4.78, 5) is 15.2. The van der Waals surface area contributed by atoms with Crippen LogP contribution < -0.4 is 15.8 Å². The van der Waals surface area contributed by atoms with Gasteiger partial charge in [-0.2, -0.15) is 15.0 Å². The average Bonchev–Trinajstić information content (AvgIpc) is 2.65. The van der Waals surface area contributed by atoms with Gasteiger partial charge in [0.1, 0.15) is 15.9 Å². The van der Waals surface area contributed by atoms with E-state index in [4.69, 9.17) is 22.7 Å². The predicted molar refractivity (Wildman–Crippen MR) is 119 cm³/mol. The number of methoxy groups -OCH3 is 1. The number of piperidine rings is 1. The average molecular weight is 419 g/mol. The molecule has 0 unspecified atom stereocenters. The van der Waals surface area contributed by atoms with Gasteiger partial charge in [0.2, 0.25) is 11.9 Å². The van der Waals surface area contributed by atoms with Gasteiger partial charge in [-0.05, 0) is 30.4 Å². The zero-order valence-electron chi connectivity index (χ0n) is 16.4. The molecule has 3 rings (SSSR count). The smallest absolute Gasteiger partial charge is 0.232 e. The van der Waals surface area contributed by atoms with Crippen molar-refractivity contribution >= 4 is 45.9 Å². The van der Waals surface area contributed by atoms with Gasteiger partial charge in [-0.3, -0.25) is 0 Å². The Hall–Kier alpha value is -2.13. The lowest BCUT2D eigenvalue weighted by Gasteiger charge is -2.36. The minimum Gasteiger partial charge on any atom is -0.495 e. The van der Waals surface area contributed by atoms with E-state index in [1.807, 2.05) is 24.3 Å². The number of hydrogen-bond acceptors (Lipinski definition) is 8. The summed E-state index contributed by atoms with van der Waals surface area (Å²) in [7, 11) is 1.62. The molecule has 0 bridgehead atoms. The molecule has 0 amide bonds. The highest BCUT2D eigenvalue weighted by Gasteiger charge is 2.23. The van der Waals surface area contributed by atoms with E-state index in [0.29, 0.717) is 35.1 Å². The molecular formula is C19H26N6OS2. The molecule has 1 aromatic carbocycles. The van der Waals surface area contributed by atoms with Crippen molar-refractivity contribution in [3.05, 3.63) is 30.1 Å². The number of aromatic nitrogens is 3. The summed E-state index contributed by atoms with van der Waals surface area (Å²) >= 11 is 7.20. The number of para-hydroxylation sites is 2. The molecule has 7 nitrogen and oxygen atoms in total. The number of likely N-dealkylation sites (tertiary alicyclic amines) is 1. The highest BCUT2D eigenvalue weighted by molar-refractivity contribution is 8.22. The molecule has 2 atom stereocenters. The summed E-state index contributed by atoms with van der Waals surface area (Å²) < 4.78 is 6.24. The van der Waals surface area contributed by atoms with Gasteiger partial charge in [-0.25, -0.2) is 0 Å². The quantitative estimate of drug-likeness (QED) is 0.705. The fraction of sp³-hybridized carbons (Fsp3) is 0.474. The SMILES string of the molecule is COc1ccccc1Nc1nc(N)nc(CSC(=S)N2C[C@@H](C)C[C@H](C)C2)n1. The van der Waals surface area contributed by atoms with Gasteiger partial charge in [-0.1, -0.05) is 50.0 Å². The van der Waals surface area contributed by atoms with Crippen LogP contribution in [0.15, 0.2) is 24.3 Å². The molecule has 3 N–H and O–H groups in total. The third-order valence-electron chi connectivity index (χ3n) is 4.50. The molecule has 0 saturated carbocycles. The standard InChI is InChI=1S/C19H26N6OS2/c1-12-8-13(2)10-25(9-12)19(27)28-11-16-22-17(20)24-18(23-16)21-14-6-4-5-7-15(14)26-3/h4-7,12-13H,8-11H2,1-3H3,(H3,20,21,22,23,24)/t12-,13-/m0/s1. The normalized spacial score (nSPS) is 19.3. The number of thioether (sulfide) groups is 1. The largest absolute Gasteiger partial charge is 0.495 e. The van der Waals surface area contributed by atoms with Gasteiger partial charge in [0, 0.05) is 13.1 Å². The van der Waals surface area contributed by atoms with E-state index in [0.717, 1.165) is 23.1 Å². The molecule has 1 fully saturated rings. The molecule has 9 heteroatoms. The third kappa shape index (κ3) is 5.45. The highest BCUT2D eigenvalue weighted by Crippen LogP contribution is 2.27. The first-order valence-electron chi connectivity index (χ1n) is 9.26. The number of nitrogens with one attached hydrogen (secondary N) is 1. The van der Waals surface area contributed by atoms with Crippen molar-refractivity contribution in [1.82, 2.24) is 19.9 Å². The summed E-state index contributed by atoms with van der Waals surface area (Å²) in [6.45, 7) is 6.57. The Bertz CT molecular complexity index is 824. The van der Waals surface area contributed by atoms with Crippen LogP contribution in [-0.4, -0.2) is 44.4 Å². The van der Waals surface area contributed by atoms with E-state index >= 15 is 0 Å². The van der Waals surface area contributed by atoms with Crippen LogP contribution >= 0.6 is 24.0 Å². The zero-order chi connectivity index (χ0) is 20.1. The van der Waals surface area contributed by atoms with Crippen LogP contribution in [0.5, 0.6) is 5.75 Å². The second-order valence-electron chi connectivity index (χ2n) is 7.16. The number of nitrogens with zero attached hydrogens (tertiary/aromatic N) is 4. The van der Waals surface area contributed by atoms with Crippen molar-refractivity contribution in [2.75, 3.05) is 31.2 Å². The van der Waals surface area contributed by atoms with Crippen LogP contribution in [-0.2, 0) is 5.75 Å². The maximum Gasteiger partial charge on any atom is 0.232 e. The number of rotatable bonds is 5. The monoisotopic (exact) mass is 418 g/mol. The number of anilines is 3. The number of nitrogen functional groups attached to an aromatic ring is 1. The molecule has 0 aliphatic carbocycles. The molecule has 150 valence electrons. The minimum absolute atomic E-state index is 0.175. The maximum atomic E-state index is 5.88. The molecule has 1 aliphatic rings. The van der Waals surface area contributed by atoms with Crippen LogP contribution in [0, 0.1) is 11.8 Å². The molecule has 28 heavy (non-hydrogen) atoms. The molecule has 2 heterocycles. The van der Waals surface area contributed by atoms with E-state index in [9.17, 15) is 0 Å². The van der Waals surface area contributed by atoms with Crippen LogP contribution in [0.1, 0.15) is 26.1 Å². The van der Waals surface area contributed by atoms with E-state index in [1.54, 1.807) is 18.9 Å². The van der Waals surface area contributed by atoms with Crippen molar-refractivity contribution in [1.29, 1.82) is 0 Å². The van der Waals surface area contributed by atoms with E-state index in [2.05, 4.69) is 39.0 Å². The summed E-state index contributed by atoms with van der Waals surface area (Å²) in [6, 6.07) is 7.56. The fourth-order valence-electron chi connectivity index (χ4n) is 3.46. The maximum absolute atomic E-state index is 5.88. The summed E-state index contributed by atoms with van der Waals surface area (Å²) in [5, 5.41) is 3.15. The first-order valence-corrected chi connectivity index (χ1v) is 10.7. The Morgan fingerprint density at radius 1 is 1.25 bits per heavy atom. The Balaban J connectivity index is 1.65. The molecule has 1 aromatic heterocycles. The summed E-state index contributed by atoms with van der Waals surface area (Å²) in [5.74, 6) is 3.72. The number of ether oxygens (including phenoxy) is 1. The zero-order valence-corrected chi connectivity index (χ0v) is 18.0. The van der Waals surface area contributed by atoms with Gasteiger partial charge >= 0.3 is 0 Å².